The summed E-state index contributed by atoms with van der Waals surface area (Å²) in [6, 6.07) is 0. The van der Waals surface area contributed by atoms with E-state index in [0.29, 0.717) is 23.9 Å². The van der Waals surface area contributed by atoms with E-state index in [0.717, 1.165) is 70.6 Å². The van der Waals surface area contributed by atoms with Gasteiger partial charge in [-0.15, -0.1) is 0 Å². The molecule has 0 radical (unpaired) electrons. The Balaban J connectivity index is 4.40. The smallest absolute Gasteiger partial charge is 0.361 e. The van der Waals surface area contributed by atoms with Crippen LogP contribution in [0.15, 0.2) is 48.6 Å². The number of carboxylic acids is 1. The first kappa shape index (κ1) is 56.2. The lowest BCUT2D eigenvalue weighted by Crippen LogP contribution is -2.40. The van der Waals surface area contributed by atoms with Gasteiger partial charge >= 0.3 is 17.9 Å². The quantitative estimate of drug-likeness (QED) is 0.0213. The Morgan fingerprint density at radius 1 is 0.525 bits per heavy atom. The molecule has 0 heterocycles. The molecule has 0 aliphatic carbocycles. The van der Waals surface area contributed by atoms with Gasteiger partial charge in [0, 0.05) is 12.8 Å². The number of nitrogens with zero attached hydrogens (tertiary/aromatic N) is 1. The predicted molar refractivity (Wildman–Crippen MR) is 244 cm³/mol. The minimum Gasteiger partial charge on any atom is -0.477 e. The minimum absolute atomic E-state index is 0.183. The highest BCUT2D eigenvalue weighted by Gasteiger charge is 2.25. The first-order chi connectivity index (χ1) is 28.6. The molecule has 1 N–H and O–H groups in total. The van der Waals surface area contributed by atoms with Gasteiger partial charge in [-0.2, -0.15) is 0 Å². The summed E-state index contributed by atoms with van der Waals surface area (Å²) in [5.74, 6) is -2.03. The number of likely N-dealkylation sites (N-methyl/N-ethyl adjacent to an activating group) is 1. The van der Waals surface area contributed by atoms with E-state index in [1.165, 1.54) is 89.9 Å². The Bertz CT molecular complexity index is 1110. The van der Waals surface area contributed by atoms with Crippen molar-refractivity contribution in [2.24, 2.45) is 0 Å². The summed E-state index contributed by atoms with van der Waals surface area (Å²) < 4.78 is 22.7. The van der Waals surface area contributed by atoms with Crippen LogP contribution < -0.4 is 0 Å². The van der Waals surface area contributed by atoms with E-state index in [1.807, 2.05) is 21.1 Å². The average molecular weight is 833 g/mol. The number of allylic oxidation sites excluding steroid dienone is 8. The number of aliphatic carboxylic acids is 1. The van der Waals surface area contributed by atoms with Gasteiger partial charge in [0.1, 0.15) is 13.2 Å². The lowest BCUT2D eigenvalue weighted by Gasteiger charge is -2.25. The summed E-state index contributed by atoms with van der Waals surface area (Å²) in [5.41, 5.74) is 0. The second-order valence-electron chi connectivity index (χ2n) is 17.0. The number of ether oxygens (including phenoxy) is 4. The average Bonchev–Trinajstić information content (AvgIpc) is 3.19. The van der Waals surface area contributed by atoms with Crippen molar-refractivity contribution in [2.75, 3.05) is 47.5 Å². The monoisotopic (exact) mass is 833 g/mol. The fraction of sp³-hybridized carbons (Fsp3) is 0.780. The summed E-state index contributed by atoms with van der Waals surface area (Å²) in [6.45, 7) is 4.73. The molecule has 0 amide bonds. The number of carbonyl (C=O) groups excluding carboxylic acids is 2. The molecular formula is C50H90NO8+. The van der Waals surface area contributed by atoms with Crippen molar-refractivity contribution in [1.82, 2.24) is 0 Å². The number of quaternary nitrogens is 1. The molecule has 0 aliphatic rings. The first-order valence-electron chi connectivity index (χ1n) is 23.8. The lowest BCUT2D eigenvalue weighted by atomic mass is 10.1. The van der Waals surface area contributed by atoms with Crippen molar-refractivity contribution in [3.63, 3.8) is 0 Å². The van der Waals surface area contributed by atoms with Crippen LogP contribution in [0.4, 0.5) is 0 Å². The van der Waals surface area contributed by atoms with Gasteiger partial charge in [0.15, 0.2) is 6.10 Å². The molecule has 2 atom stereocenters. The highest BCUT2D eigenvalue weighted by molar-refractivity contribution is 5.71. The van der Waals surface area contributed by atoms with Crippen LogP contribution in [0.5, 0.6) is 0 Å². The molecule has 0 rings (SSSR count). The Morgan fingerprint density at radius 3 is 1.46 bits per heavy atom. The number of hydrogen-bond acceptors (Lipinski definition) is 7. The van der Waals surface area contributed by atoms with E-state index < -0.39 is 24.3 Å². The highest BCUT2D eigenvalue weighted by Crippen LogP contribution is 2.14. The van der Waals surface area contributed by atoms with Crippen LogP contribution >= 0.6 is 0 Å². The molecule has 59 heavy (non-hydrogen) atoms. The van der Waals surface area contributed by atoms with E-state index in [1.54, 1.807) is 0 Å². The Hall–Kier alpha value is -2.75. The number of unbranched alkanes of at least 4 members (excludes halogenated alkanes) is 20. The van der Waals surface area contributed by atoms with Gasteiger partial charge in [0.25, 0.3) is 6.29 Å². The van der Waals surface area contributed by atoms with Gasteiger partial charge in [0.2, 0.25) is 0 Å². The highest BCUT2D eigenvalue weighted by atomic mass is 16.7. The van der Waals surface area contributed by atoms with Gasteiger partial charge in [0.05, 0.1) is 34.4 Å². The summed E-state index contributed by atoms with van der Waals surface area (Å²) in [7, 11) is 5.95. The SMILES string of the molecule is CC/C=C\C/C=C\C/C=C\CCCCCCCC(=O)OC(COC(=O)CCCCCCCCCCC/C=C\CCCCCCCC)COC(OCC[N+](C)(C)C)C(=O)O. The van der Waals surface area contributed by atoms with Gasteiger partial charge < -0.3 is 28.5 Å². The largest absolute Gasteiger partial charge is 0.477 e. The number of carboxylic acid groups (broad SMARTS) is 1. The third-order valence-corrected chi connectivity index (χ3v) is 10.1. The molecular weight excluding hydrogens is 743 g/mol. The lowest BCUT2D eigenvalue weighted by molar-refractivity contribution is -0.870. The van der Waals surface area contributed by atoms with Crippen LogP contribution in [0, 0.1) is 0 Å². The molecule has 0 aromatic heterocycles. The van der Waals surface area contributed by atoms with E-state index in [9.17, 15) is 19.5 Å². The third kappa shape index (κ3) is 43.2. The van der Waals surface area contributed by atoms with E-state index in [2.05, 4.69) is 62.5 Å². The molecule has 0 aromatic rings. The van der Waals surface area contributed by atoms with Gasteiger partial charge in [-0.05, 0) is 70.6 Å². The fourth-order valence-corrected chi connectivity index (χ4v) is 6.37. The Kier molecular flexibility index (Phi) is 40.0. The predicted octanol–water partition coefficient (Wildman–Crippen LogP) is 12.8. The maximum absolute atomic E-state index is 12.8. The van der Waals surface area contributed by atoms with Crippen LogP contribution in [0.2, 0.25) is 0 Å². The summed E-state index contributed by atoms with van der Waals surface area (Å²) in [4.78, 5) is 37.2. The molecule has 0 fully saturated rings. The van der Waals surface area contributed by atoms with E-state index in [-0.39, 0.29) is 32.2 Å². The molecule has 0 aromatic carbocycles. The molecule has 0 spiro atoms. The zero-order valence-electron chi connectivity index (χ0n) is 38.7. The number of carbonyl (C=O) groups is 3. The maximum Gasteiger partial charge on any atom is 0.361 e. The van der Waals surface area contributed by atoms with Crippen LogP contribution in [-0.4, -0.2) is 87.4 Å². The zero-order chi connectivity index (χ0) is 43.5. The Labute approximate surface area is 362 Å². The van der Waals surface area contributed by atoms with Gasteiger partial charge in [-0.25, -0.2) is 4.79 Å². The molecule has 2 unspecified atom stereocenters. The number of hydrogen-bond donors (Lipinski definition) is 1. The van der Waals surface area contributed by atoms with E-state index in [4.69, 9.17) is 18.9 Å². The minimum atomic E-state index is -1.51. The zero-order valence-corrected chi connectivity index (χ0v) is 38.7. The molecule has 9 heteroatoms. The van der Waals surface area contributed by atoms with Crippen LogP contribution in [0.25, 0.3) is 0 Å². The molecule has 0 saturated heterocycles. The van der Waals surface area contributed by atoms with Gasteiger partial charge in [-0.3, -0.25) is 9.59 Å². The van der Waals surface area contributed by atoms with Crippen molar-refractivity contribution in [3.8, 4) is 0 Å². The second-order valence-corrected chi connectivity index (χ2v) is 17.0. The van der Waals surface area contributed by atoms with Crippen LogP contribution in [-0.2, 0) is 33.3 Å². The molecule has 9 nitrogen and oxygen atoms in total. The van der Waals surface area contributed by atoms with Crippen molar-refractivity contribution in [2.45, 2.75) is 206 Å². The first-order valence-corrected chi connectivity index (χ1v) is 23.8. The molecule has 0 aliphatic heterocycles. The fourth-order valence-electron chi connectivity index (χ4n) is 6.37. The standard InChI is InChI=1S/C50H89NO8/c1-6-8-10-12-14-16-18-20-22-23-24-25-27-28-30-32-34-36-38-40-47(52)57-44-46(45-58-50(49(54)55)56-43-42-51(3,4)5)59-48(53)41-39-37-35-33-31-29-26-21-19-17-15-13-11-9-7-2/h9,11,15,17,20-22,26,46,50H,6-8,10,12-14,16,18-19,23-25,27-45H2,1-5H3/p+1/b11-9-,17-15-,22-20-,26-21-. The number of rotatable bonds is 43. The summed E-state index contributed by atoms with van der Waals surface area (Å²) in [6.07, 6.45) is 46.0. The third-order valence-electron chi connectivity index (χ3n) is 10.1. The molecule has 0 saturated carbocycles. The van der Waals surface area contributed by atoms with Crippen molar-refractivity contribution < 1.29 is 42.9 Å². The summed E-state index contributed by atoms with van der Waals surface area (Å²) >= 11 is 0. The molecule has 0 bridgehead atoms. The molecule has 342 valence electrons. The normalized spacial score (nSPS) is 13.3. The number of esters is 2. The Morgan fingerprint density at radius 2 is 0.966 bits per heavy atom. The summed E-state index contributed by atoms with van der Waals surface area (Å²) in [5, 5.41) is 9.64. The van der Waals surface area contributed by atoms with Crippen LogP contribution in [0.1, 0.15) is 194 Å². The van der Waals surface area contributed by atoms with E-state index >= 15 is 0 Å². The van der Waals surface area contributed by atoms with Crippen LogP contribution in [0.3, 0.4) is 0 Å². The van der Waals surface area contributed by atoms with Crippen molar-refractivity contribution >= 4 is 17.9 Å². The topological polar surface area (TPSA) is 108 Å². The van der Waals surface area contributed by atoms with Crippen molar-refractivity contribution in [3.05, 3.63) is 48.6 Å². The van der Waals surface area contributed by atoms with Crippen molar-refractivity contribution in [1.29, 1.82) is 0 Å². The van der Waals surface area contributed by atoms with Gasteiger partial charge in [-0.1, -0.05) is 159 Å². The second kappa shape index (κ2) is 42.0. The maximum atomic E-state index is 12.8.